The number of aliphatic hydroxyl groups excluding tert-OH is 1. The normalized spacial score (nSPS) is 17.5. The number of anilines is 2. The molecule has 1 unspecified atom stereocenters. The number of carbonyl (C=O) groups is 4. The van der Waals surface area contributed by atoms with Crippen LogP contribution in [-0.4, -0.2) is 112 Å². The van der Waals surface area contributed by atoms with Crippen molar-refractivity contribution < 1.29 is 56.1 Å². The Morgan fingerprint density at radius 1 is 0.986 bits per heavy atom. The van der Waals surface area contributed by atoms with E-state index in [9.17, 15) is 37.5 Å². The second kappa shape index (κ2) is 22.3. The fourth-order valence-electron chi connectivity index (χ4n) is 7.83. The number of nitrogens with one attached hydrogen (secondary N) is 2. The highest BCUT2D eigenvalue weighted by atomic mass is 32.1. The second-order valence-electron chi connectivity index (χ2n) is 18.1. The third-order valence-electron chi connectivity index (χ3n) is 11.5. The van der Waals surface area contributed by atoms with Crippen molar-refractivity contribution in [2.75, 3.05) is 49.4 Å². The number of pyridine rings is 1. The lowest BCUT2D eigenvalue weighted by molar-refractivity contribution is -0.144. The number of aromatic nitrogens is 2. The van der Waals surface area contributed by atoms with Gasteiger partial charge in [0.05, 0.1) is 36.4 Å². The molecular formula is C48H55F3N8O9S. The first-order valence-electron chi connectivity index (χ1n) is 22.3. The van der Waals surface area contributed by atoms with Crippen LogP contribution in [0.4, 0.5) is 24.5 Å². The number of carbonyl (C=O) groups excluding carboxylic acids is 4. The van der Waals surface area contributed by atoms with E-state index in [1.807, 2.05) is 24.3 Å². The van der Waals surface area contributed by atoms with Crippen LogP contribution in [-0.2, 0) is 41.4 Å². The van der Waals surface area contributed by atoms with Gasteiger partial charge in [-0.2, -0.15) is 18.4 Å². The zero-order chi connectivity index (χ0) is 50.1. The van der Waals surface area contributed by atoms with Crippen molar-refractivity contribution in [2.24, 2.45) is 5.41 Å². The third kappa shape index (κ3) is 12.8. The van der Waals surface area contributed by atoms with Gasteiger partial charge >= 0.3 is 6.18 Å². The molecule has 2 aromatic heterocycles. The van der Waals surface area contributed by atoms with Crippen molar-refractivity contribution in [1.82, 2.24) is 25.5 Å². The maximum Gasteiger partial charge on any atom is 0.419 e. The Morgan fingerprint density at radius 2 is 1.67 bits per heavy atom. The van der Waals surface area contributed by atoms with E-state index in [4.69, 9.17) is 36.1 Å². The summed E-state index contributed by atoms with van der Waals surface area (Å²) in [5.41, 5.74) is -2.08. The van der Waals surface area contributed by atoms with Gasteiger partial charge in [0.1, 0.15) is 36.0 Å². The van der Waals surface area contributed by atoms with Gasteiger partial charge in [-0.3, -0.25) is 24.1 Å². The second-order valence-corrected chi connectivity index (χ2v) is 18.5. The molecule has 3 N–H and O–H groups in total. The Hall–Kier alpha value is -6.47. The Bertz CT molecular complexity index is 2490. The topological polar surface area (TPSA) is 213 Å². The van der Waals surface area contributed by atoms with Crippen LogP contribution in [0.2, 0.25) is 0 Å². The molecule has 0 aliphatic carbocycles. The number of alkyl halides is 3. The average molecular weight is 977 g/mol. The van der Waals surface area contributed by atoms with Crippen molar-refractivity contribution in [1.29, 1.82) is 5.26 Å². The molecule has 0 spiro atoms. The van der Waals surface area contributed by atoms with Crippen molar-refractivity contribution >= 4 is 52.3 Å². The molecule has 3 atom stereocenters. The Morgan fingerprint density at radius 3 is 2.32 bits per heavy atom. The SMILES string of the molecule is CC(C)(C)C(NC(=O)COCCCOCCCCOc1ccc(N2C(=S)N(c3cnc(C#N)c(C(F)(F)F)c3)C(=O)C2(C)C)cc1)C(=O)N1C[C@H](O)C[C@H]1C(=O)NCc1ccc(-c2cnco2)cc1. The average Bonchev–Trinajstić information content (AvgIpc) is 4.03. The number of likely N-dealkylation sites (tertiary alicyclic amines) is 1. The standard InChI is InChI=1S/C48H55F3N8O9S/c1-46(2,3)41(43(63)57-27-34(60)22-38(57)42(62)55-24-30-9-11-31(12-10-30)39-26-53-29-68-39)56-40(61)28-66-19-8-18-65-17-6-7-20-67-35-15-13-32(14-16-35)59-45(69)58(44(64)47(59,4)5)33-21-36(48(49,50)51)37(23-52)54-25-33/h9-16,21,25-26,29,34,38,41,60H,6-8,17-20,22,24,27-28H2,1-5H3,(H,55,62)(H,56,61)/t34-,38+,41?/m1/s1. The smallest absolute Gasteiger partial charge is 0.419 e. The maximum absolute atomic E-state index is 13.9. The molecule has 0 radical (unpaired) electrons. The molecule has 4 heterocycles. The van der Waals surface area contributed by atoms with Crippen LogP contribution in [0.25, 0.3) is 11.3 Å². The minimum Gasteiger partial charge on any atom is -0.494 e. The summed E-state index contributed by atoms with van der Waals surface area (Å²) < 4.78 is 63.5. The predicted molar refractivity (Wildman–Crippen MR) is 249 cm³/mol. The summed E-state index contributed by atoms with van der Waals surface area (Å²) >= 11 is 5.59. The third-order valence-corrected chi connectivity index (χ3v) is 11.9. The fraction of sp³-hybridized carbons (Fsp3) is 0.458. The van der Waals surface area contributed by atoms with Crippen LogP contribution in [0.3, 0.4) is 0 Å². The summed E-state index contributed by atoms with van der Waals surface area (Å²) in [6, 6.07) is 14.4. The van der Waals surface area contributed by atoms with E-state index < -0.39 is 70.2 Å². The Kier molecular flexibility index (Phi) is 16.8. The van der Waals surface area contributed by atoms with Crippen LogP contribution in [0, 0.1) is 16.7 Å². The summed E-state index contributed by atoms with van der Waals surface area (Å²) in [6.45, 7) is 9.97. The lowest BCUT2D eigenvalue weighted by Crippen LogP contribution is -2.58. The van der Waals surface area contributed by atoms with Crippen molar-refractivity contribution in [3.05, 3.63) is 90.2 Å². The van der Waals surface area contributed by atoms with Crippen LogP contribution >= 0.6 is 12.2 Å². The highest BCUT2D eigenvalue weighted by Crippen LogP contribution is 2.39. The largest absolute Gasteiger partial charge is 0.494 e. The molecule has 368 valence electrons. The van der Waals surface area contributed by atoms with Crippen molar-refractivity contribution in [2.45, 2.75) is 96.7 Å². The monoisotopic (exact) mass is 976 g/mol. The predicted octanol–water partition coefficient (Wildman–Crippen LogP) is 5.94. The summed E-state index contributed by atoms with van der Waals surface area (Å²) in [5, 5.41) is 25.2. The number of β-amino-alcohol motifs (C(OH)–C–C–N with tert-alkyl or cyclic N) is 1. The highest BCUT2D eigenvalue weighted by molar-refractivity contribution is 7.81. The van der Waals surface area contributed by atoms with Crippen LogP contribution in [0.15, 0.2) is 77.8 Å². The van der Waals surface area contributed by atoms with E-state index in [-0.39, 0.29) is 43.5 Å². The molecule has 2 saturated heterocycles. The number of hydrogen-bond acceptors (Lipinski definition) is 13. The number of nitriles is 1. The van der Waals surface area contributed by atoms with Crippen LogP contribution in [0.1, 0.15) is 77.1 Å². The molecule has 0 saturated carbocycles. The molecule has 0 bridgehead atoms. The van der Waals surface area contributed by atoms with E-state index in [2.05, 4.69) is 20.6 Å². The molecule has 2 fully saturated rings. The molecular weight excluding hydrogens is 922 g/mol. The number of thiocarbonyl (C=S) groups is 1. The van der Waals surface area contributed by atoms with Gasteiger partial charge in [0.2, 0.25) is 17.7 Å². The van der Waals surface area contributed by atoms with Gasteiger partial charge in [-0.15, -0.1) is 0 Å². The Balaban J connectivity index is 0.865. The van der Waals surface area contributed by atoms with Crippen molar-refractivity contribution in [3.63, 3.8) is 0 Å². The number of amides is 4. The summed E-state index contributed by atoms with van der Waals surface area (Å²) in [4.78, 5) is 65.1. The van der Waals surface area contributed by atoms with Gasteiger partial charge in [-0.25, -0.2) is 9.97 Å². The highest BCUT2D eigenvalue weighted by Gasteiger charge is 2.51. The lowest BCUT2D eigenvalue weighted by Gasteiger charge is -2.35. The van der Waals surface area contributed by atoms with Gasteiger partial charge < -0.3 is 44.2 Å². The summed E-state index contributed by atoms with van der Waals surface area (Å²) in [7, 11) is 0. The first-order valence-corrected chi connectivity index (χ1v) is 22.7. The van der Waals surface area contributed by atoms with Gasteiger partial charge in [0.15, 0.2) is 23.0 Å². The van der Waals surface area contributed by atoms with E-state index in [1.165, 1.54) is 22.3 Å². The number of halogens is 3. The molecule has 2 aromatic carbocycles. The molecule has 2 aliphatic rings. The number of benzene rings is 2. The zero-order valence-corrected chi connectivity index (χ0v) is 39.7. The van der Waals surface area contributed by atoms with E-state index in [0.717, 1.165) is 22.2 Å². The number of aliphatic hydroxyl groups is 1. The van der Waals surface area contributed by atoms with Gasteiger partial charge in [0, 0.05) is 50.6 Å². The summed E-state index contributed by atoms with van der Waals surface area (Å²) in [6.07, 6.45) is 0.167. The maximum atomic E-state index is 13.9. The molecule has 6 rings (SSSR count). The molecule has 4 amide bonds. The number of rotatable bonds is 20. The van der Waals surface area contributed by atoms with Crippen molar-refractivity contribution in [3.8, 4) is 23.1 Å². The van der Waals surface area contributed by atoms with E-state index >= 15 is 0 Å². The molecule has 2 aliphatic heterocycles. The number of ether oxygens (including phenoxy) is 3. The van der Waals surface area contributed by atoms with Gasteiger partial charge in [-0.05, 0) is 86.6 Å². The van der Waals surface area contributed by atoms with E-state index in [1.54, 1.807) is 65.1 Å². The quantitative estimate of drug-likeness (QED) is 0.0692. The fourth-order valence-corrected chi connectivity index (χ4v) is 8.35. The van der Waals surface area contributed by atoms with Crippen LogP contribution in [0.5, 0.6) is 5.75 Å². The molecule has 4 aromatic rings. The van der Waals surface area contributed by atoms with E-state index in [0.29, 0.717) is 62.3 Å². The summed E-state index contributed by atoms with van der Waals surface area (Å²) in [5.74, 6) is -0.780. The number of hydrogen-bond donors (Lipinski definition) is 3. The number of nitrogens with zero attached hydrogens (tertiary/aromatic N) is 6. The molecule has 17 nitrogen and oxygen atoms in total. The van der Waals surface area contributed by atoms with Gasteiger partial charge in [0.25, 0.3) is 5.91 Å². The number of unbranched alkanes of at least 4 members (excludes halogenated alkanes) is 1. The Labute approximate surface area is 402 Å². The molecule has 21 heteroatoms. The first kappa shape index (κ1) is 51.9. The minimum atomic E-state index is -4.87. The first-order chi connectivity index (χ1) is 32.7. The van der Waals surface area contributed by atoms with Crippen LogP contribution < -0.4 is 25.2 Å². The minimum absolute atomic E-state index is 0.0471. The molecule has 69 heavy (non-hydrogen) atoms. The zero-order valence-electron chi connectivity index (χ0n) is 38.9. The lowest BCUT2D eigenvalue weighted by atomic mass is 9.85. The number of oxazole rings is 1. The van der Waals surface area contributed by atoms with Gasteiger partial charge in [-0.1, -0.05) is 45.0 Å².